The van der Waals surface area contributed by atoms with E-state index in [-0.39, 0.29) is 23.7 Å². The van der Waals surface area contributed by atoms with Crippen molar-refractivity contribution in [2.45, 2.75) is 38.3 Å². The minimum Gasteiger partial charge on any atom is -0.383 e. The van der Waals surface area contributed by atoms with Crippen LogP contribution in [-0.2, 0) is 16.1 Å². The highest BCUT2D eigenvalue weighted by Gasteiger charge is 2.52. The van der Waals surface area contributed by atoms with Crippen LogP contribution in [0.1, 0.15) is 25.7 Å². The zero-order valence-electron chi connectivity index (χ0n) is 14.9. The first-order chi connectivity index (χ1) is 11.7. The van der Waals surface area contributed by atoms with Crippen molar-refractivity contribution in [1.29, 1.82) is 0 Å². The van der Waals surface area contributed by atoms with Gasteiger partial charge in [0.15, 0.2) is 0 Å². The topological polar surface area (TPSA) is 59.4 Å². The zero-order valence-corrected chi connectivity index (χ0v) is 15.7. The number of rotatable bonds is 8. The molecular weight excluding hydrogens is 340 g/mol. The van der Waals surface area contributed by atoms with Gasteiger partial charge in [-0.15, -0.1) is 12.4 Å². The second kappa shape index (κ2) is 7.64. The second-order valence-electron chi connectivity index (χ2n) is 7.82. The summed E-state index contributed by atoms with van der Waals surface area (Å²) in [5, 5.41) is 7.68. The summed E-state index contributed by atoms with van der Waals surface area (Å²) in [7, 11) is 1.75. The molecule has 0 radical (unpaired) electrons. The van der Waals surface area contributed by atoms with Gasteiger partial charge in [-0.05, 0) is 43.6 Å². The summed E-state index contributed by atoms with van der Waals surface area (Å²) < 4.78 is 7.11. The number of carbonyl (C=O) groups is 1. The summed E-state index contributed by atoms with van der Waals surface area (Å²) in [6.45, 7) is 4.51. The molecule has 3 fully saturated rings. The lowest BCUT2D eigenvalue weighted by Gasteiger charge is -2.23. The molecule has 4 rings (SSSR count). The first-order valence-electron chi connectivity index (χ1n) is 9.20. The number of halogens is 1. The van der Waals surface area contributed by atoms with Gasteiger partial charge >= 0.3 is 0 Å². The summed E-state index contributed by atoms with van der Waals surface area (Å²) >= 11 is 0. The Bertz CT molecular complexity index is 572. The second-order valence-corrected chi connectivity index (χ2v) is 7.82. The Hall–Kier alpha value is -1.11. The largest absolute Gasteiger partial charge is 0.383 e. The van der Waals surface area contributed by atoms with Crippen LogP contribution in [0.4, 0.5) is 0 Å². The Balaban J connectivity index is 0.00000182. The van der Waals surface area contributed by atoms with E-state index < -0.39 is 0 Å². The Kier molecular flexibility index (Phi) is 5.71. The smallest absolute Gasteiger partial charge is 0.228 e. The number of methoxy groups -OCH3 is 1. The van der Waals surface area contributed by atoms with Crippen molar-refractivity contribution in [2.75, 3.05) is 33.4 Å². The zero-order chi connectivity index (χ0) is 16.6. The molecule has 25 heavy (non-hydrogen) atoms. The summed E-state index contributed by atoms with van der Waals surface area (Å²) in [4.78, 5) is 15.4. The van der Waals surface area contributed by atoms with Crippen molar-refractivity contribution in [2.24, 2.45) is 17.3 Å². The SMILES string of the molecule is COCCN1C[C@H](NC(=O)C2(Cn3cccn3)CC2)[C@@H](C2CC2)C1.Cl. The van der Waals surface area contributed by atoms with Gasteiger partial charge in [-0.2, -0.15) is 5.10 Å². The Labute approximate surface area is 155 Å². The third-order valence-corrected chi connectivity index (χ3v) is 5.96. The quantitative estimate of drug-likeness (QED) is 0.756. The molecule has 2 heterocycles. The molecule has 1 aliphatic heterocycles. The molecule has 1 saturated heterocycles. The molecule has 2 saturated carbocycles. The van der Waals surface area contributed by atoms with Crippen LogP contribution in [0.2, 0.25) is 0 Å². The van der Waals surface area contributed by atoms with Crippen molar-refractivity contribution in [1.82, 2.24) is 20.0 Å². The van der Waals surface area contributed by atoms with Crippen LogP contribution < -0.4 is 5.32 Å². The molecule has 2 atom stereocenters. The van der Waals surface area contributed by atoms with E-state index in [0.29, 0.717) is 18.5 Å². The molecule has 2 aliphatic carbocycles. The van der Waals surface area contributed by atoms with E-state index in [2.05, 4.69) is 15.3 Å². The number of amides is 1. The number of nitrogens with one attached hydrogen (secondary N) is 1. The monoisotopic (exact) mass is 368 g/mol. The van der Waals surface area contributed by atoms with Gasteiger partial charge in [0.1, 0.15) is 0 Å². The van der Waals surface area contributed by atoms with E-state index in [9.17, 15) is 4.79 Å². The van der Waals surface area contributed by atoms with Crippen LogP contribution in [0, 0.1) is 17.3 Å². The van der Waals surface area contributed by atoms with Gasteiger partial charge in [0.05, 0.1) is 18.6 Å². The number of carbonyl (C=O) groups excluding carboxylic acids is 1. The Morgan fingerprint density at radius 3 is 2.76 bits per heavy atom. The molecule has 7 heteroatoms. The highest BCUT2D eigenvalue weighted by molar-refractivity contribution is 5.85. The third kappa shape index (κ3) is 4.18. The number of nitrogens with zero attached hydrogens (tertiary/aromatic N) is 3. The van der Waals surface area contributed by atoms with Crippen molar-refractivity contribution in [3.63, 3.8) is 0 Å². The molecule has 1 aromatic heterocycles. The number of likely N-dealkylation sites (tertiary alicyclic amines) is 1. The summed E-state index contributed by atoms with van der Waals surface area (Å²) in [5.74, 6) is 1.66. The van der Waals surface area contributed by atoms with Gasteiger partial charge in [-0.1, -0.05) is 0 Å². The lowest BCUT2D eigenvalue weighted by atomic mass is 9.96. The molecule has 0 unspecified atom stereocenters. The molecule has 140 valence electrons. The maximum absolute atomic E-state index is 12.9. The predicted molar refractivity (Wildman–Crippen MR) is 97.6 cm³/mol. The van der Waals surface area contributed by atoms with Crippen LogP contribution in [0.15, 0.2) is 18.5 Å². The van der Waals surface area contributed by atoms with E-state index in [1.54, 1.807) is 13.3 Å². The van der Waals surface area contributed by atoms with Crippen LogP contribution in [0.5, 0.6) is 0 Å². The normalized spacial score (nSPS) is 27.7. The van der Waals surface area contributed by atoms with Gasteiger partial charge in [0.2, 0.25) is 5.91 Å². The number of aromatic nitrogens is 2. The maximum Gasteiger partial charge on any atom is 0.228 e. The molecule has 1 aromatic rings. The number of ether oxygens (including phenoxy) is 1. The standard InChI is InChI=1S/C18H28N4O2.ClH/c1-24-10-9-21-11-15(14-3-4-14)16(12-21)20-17(23)18(5-6-18)13-22-8-2-7-19-22;/h2,7-8,14-16H,3-6,9-13H2,1H3,(H,20,23);1H/t15-,16+;/m1./s1. The average molecular weight is 369 g/mol. The molecule has 1 N–H and O–H groups in total. The van der Waals surface area contributed by atoms with Gasteiger partial charge in [0.25, 0.3) is 0 Å². The fourth-order valence-electron chi connectivity index (χ4n) is 4.10. The minimum absolute atomic E-state index is 0. The van der Waals surface area contributed by atoms with Crippen LogP contribution >= 0.6 is 12.4 Å². The van der Waals surface area contributed by atoms with Crippen molar-refractivity contribution in [3.8, 4) is 0 Å². The Morgan fingerprint density at radius 1 is 1.36 bits per heavy atom. The van der Waals surface area contributed by atoms with Crippen molar-refractivity contribution < 1.29 is 9.53 Å². The number of hydrogen-bond acceptors (Lipinski definition) is 4. The lowest BCUT2D eigenvalue weighted by Crippen LogP contribution is -2.45. The molecule has 0 spiro atoms. The number of hydrogen-bond donors (Lipinski definition) is 1. The van der Waals surface area contributed by atoms with Crippen molar-refractivity contribution in [3.05, 3.63) is 18.5 Å². The summed E-state index contributed by atoms with van der Waals surface area (Å²) in [6, 6.07) is 2.22. The first-order valence-corrected chi connectivity index (χ1v) is 9.20. The average Bonchev–Trinajstić information content (AvgIpc) is 3.47. The lowest BCUT2D eigenvalue weighted by molar-refractivity contribution is -0.127. The van der Waals surface area contributed by atoms with Crippen LogP contribution in [0.25, 0.3) is 0 Å². The first kappa shape index (κ1) is 18.7. The summed E-state index contributed by atoms with van der Waals surface area (Å²) in [5.41, 5.74) is -0.222. The van der Waals surface area contributed by atoms with E-state index in [1.807, 2.05) is 16.9 Å². The van der Waals surface area contributed by atoms with Gasteiger partial charge in [-0.3, -0.25) is 14.4 Å². The highest BCUT2D eigenvalue weighted by atomic mass is 35.5. The fourth-order valence-corrected chi connectivity index (χ4v) is 4.10. The van der Waals surface area contributed by atoms with Crippen LogP contribution in [-0.4, -0.2) is 60.0 Å². The van der Waals surface area contributed by atoms with E-state index in [1.165, 1.54) is 12.8 Å². The maximum atomic E-state index is 12.9. The molecule has 1 amide bonds. The van der Waals surface area contributed by atoms with E-state index >= 15 is 0 Å². The molecule has 3 aliphatic rings. The molecule has 0 aromatic carbocycles. The molecular formula is C18H29ClN4O2. The fraction of sp³-hybridized carbons (Fsp3) is 0.778. The summed E-state index contributed by atoms with van der Waals surface area (Å²) in [6.07, 6.45) is 8.34. The molecule has 0 bridgehead atoms. The highest BCUT2D eigenvalue weighted by Crippen LogP contribution is 2.48. The van der Waals surface area contributed by atoms with E-state index in [0.717, 1.165) is 45.0 Å². The van der Waals surface area contributed by atoms with Crippen LogP contribution in [0.3, 0.4) is 0 Å². The van der Waals surface area contributed by atoms with Gasteiger partial charge in [-0.25, -0.2) is 0 Å². The Morgan fingerprint density at radius 2 is 2.16 bits per heavy atom. The molecule has 6 nitrogen and oxygen atoms in total. The van der Waals surface area contributed by atoms with Crippen molar-refractivity contribution >= 4 is 18.3 Å². The predicted octanol–water partition coefficient (Wildman–Crippen LogP) is 1.56. The van der Waals surface area contributed by atoms with Gasteiger partial charge < -0.3 is 10.1 Å². The minimum atomic E-state index is -0.222. The van der Waals surface area contributed by atoms with E-state index in [4.69, 9.17) is 4.74 Å². The third-order valence-electron chi connectivity index (χ3n) is 5.96. The van der Waals surface area contributed by atoms with Gasteiger partial charge in [0, 0.05) is 45.2 Å².